The molecule has 35 heavy (non-hydrogen) atoms. The van der Waals surface area contributed by atoms with E-state index in [2.05, 4.69) is 47.4 Å². The molecule has 0 amide bonds. The number of rotatable bonds is 8. The van der Waals surface area contributed by atoms with Gasteiger partial charge in [0.05, 0.1) is 6.67 Å². The molecule has 0 bridgehead atoms. The zero-order valence-electron chi connectivity index (χ0n) is 20.0. The molecular formula is C31H32F3N. The van der Waals surface area contributed by atoms with Crippen molar-refractivity contribution in [2.75, 3.05) is 26.3 Å². The van der Waals surface area contributed by atoms with E-state index in [-0.39, 0.29) is 12.2 Å². The molecule has 182 valence electrons. The Morgan fingerprint density at radius 3 is 2.29 bits per heavy atom. The minimum Gasteiger partial charge on any atom is -0.303 e. The number of benzene rings is 3. The van der Waals surface area contributed by atoms with Crippen molar-refractivity contribution in [2.24, 2.45) is 5.92 Å². The molecule has 1 saturated heterocycles. The number of halogens is 3. The lowest BCUT2D eigenvalue weighted by Gasteiger charge is -2.39. The van der Waals surface area contributed by atoms with Crippen LogP contribution in [0.4, 0.5) is 13.2 Å². The molecular weight excluding hydrogens is 443 g/mol. The summed E-state index contributed by atoms with van der Waals surface area (Å²) >= 11 is 0. The minimum absolute atomic E-state index is 0.110. The third-order valence-corrected chi connectivity index (χ3v) is 7.39. The van der Waals surface area contributed by atoms with Crippen LogP contribution in [0.2, 0.25) is 0 Å². The smallest absolute Gasteiger partial charge is 0.264 e. The van der Waals surface area contributed by atoms with E-state index in [1.165, 1.54) is 11.1 Å². The first-order valence-electron chi connectivity index (χ1n) is 12.7. The molecule has 0 unspecified atom stereocenters. The maximum atomic E-state index is 14.0. The highest BCUT2D eigenvalue weighted by molar-refractivity contribution is 6.00. The minimum atomic E-state index is -2.51. The van der Waals surface area contributed by atoms with Gasteiger partial charge in [-0.2, -0.15) is 0 Å². The number of hydrogen-bond donors (Lipinski definition) is 0. The van der Waals surface area contributed by atoms with E-state index in [0.717, 1.165) is 67.6 Å². The molecule has 0 atom stereocenters. The van der Waals surface area contributed by atoms with Gasteiger partial charge in [0, 0.05) is 25.2 Å². The van der Waals surface area contributed by atoms with Crippen LogP contribution in [0.25, 0.3) is 11.1 Å². The monoisotopic (exact) mass is 475 g/mol. The fourth-order valence-electron chi connectivity index (χ4n) is 5.70. The van der Waals surface area contributed by atoms with Gasteiger partial charge in [-0.25, -0.2) is 8.78 Å². The van der Waals surface area contributed by atoms with E-state index < -0.39 is 6.43 Å². The summed E-state index contributed by atoms with van der Waals surface area (Å²) in [7, 11) is 0. The van der Waals surface area contributed by atoms with Crippen LogP contribution in [-0.2, 0) is 12.8 Å². The number of nitrogens with zero attached hydrogens (tertiary/aromatic N) is 1. The molecule has 3 aromatic rings. The summed E-state index contributed by atoms with van der Waals surface area (Å²) in [6.07, 6.45) is 1.78. The number of hydrogen-bond acceptors (Lipinski definition) is 1. The Labute approximate surface area is 206 Å². The molecule has 0 radical (unpaired) electrons. The third kappa shape index (κ3) is 5.23. The topological polar surface area (TPSA) is 3.24 Å². The molecule has 5 rings (SSSR count). The van der Waals surface area contributed by atoms with Gasteiger partial charge in [0.25, 0.3) is 6.43 Å². The van der Waals surface area contributed by atoms with Crippen molar-refractivity contribution in [1.29, 1.82) is 0 Å². The molecule has 1 aliphatic carbocycles. The summed E-state index contributed by atoms with van der Waals surface area (Å²) in [4.78, 5) is 2.32. The lowest BCUT2D eigenvalue weighted by Crippen LogP contribution is -2.47. The fraction of sp³-hybridized carbons (Fsp3) is 0.355. The van der Waals surface area contributed by atoms with Gasteiger partial charge in [-0.15, -0.1) is 0 Å². The summed E-state index contributed by atoms with van der Waals surface area (Å²) < 4.78 is 40.3. The molecule has 0 N–H and O–H groups in total. The van der Waals surface area contributed by atoms with E-state index in [9.17, 15) is 13.2 Å². The number of likely N-dealkylation sites (tertiary alicyclic amines) is 1. The van der Waals surface area contributed by atoms with Gasteiger partial charge in [-0.3, -0.25) is 4.39 Å². The Morgan fingerprint density at radius 2 is 1.54 bits per heavy atom. The van der Waals surface area contributed by atoms with Crippen molar-refractivity contribution in [3.63, 3.8) is 0 Å². The predicted molar refractivity (Wildman–Crippen MR) is 137 cm³/mol. The number of aryl methyl sites for hydroxylation is 1. The zero-order valence-corrected chi connectivity index (χ0v) is 20.0. The van der Waals surface area contributed by atoms with E-state index >= 15 is 0 Å². The summed E-state index contributed by atoms with van der Waals surface area (Å²) in [5.41, 5.74) is 7.68. The molecule has 1 heterocycles. The van der Waals surface area contributed by atoms with E-state index in [1.807, 2.05) is 18.2 Å². The summed E-state index contributed by atoms with van der Waals surface area (Å²) in [5.74, 6) is 0.617. The van der Waals surface area contributed by atoms with E-state index in [4.69, 9.17) is 0 Å². The number of alkyl halides is 3. The Bertz CT molecular complexity index is 1180. The highest BCUT2D eigenvalue weighted by Crippen LogP contribution is 2.42. The lowest BCUT2D eigenvalue weighted by molar-refractivity contribution is 0.0968. The van der Waals surface area contributed by atoms with Crippen LogP contribution in [0.1, 0.15) is 59.1 Å². The van der Waals surface area contributed by atoms with Gasteiger partial charge in [-0.05, 0) is 77.0 Å². The van der Waals surface area contributed by atoms with Crippen LogP contribution < -0.4 is 0 Å². The van der Waals surface area contributed by atoms with E-state index in [1.54, 1.807) is 12.1 Å². The van der Waals surface area contributed by atoms with Crippen molar-refractivity contribution >= 4 is 11.1 Å². The van der Waals surface area contributed by atoms with Gasteiger partial charge in [0.15, 0.2) is 0 Å². The van der Waals surface area contributed by atoms with Crippen molar-refractivity contribution in [1.82, 2.24) is 4.90 Å². The molecule has 1 nitrogen and oxygen atoms in total. The Hall–Kier alpha value is -2.85. The Balaban J connectivity index is 1.49. The summed E-state index contributed by atoms with van der Waals surface area (Å²) in [6.45, 7) is 2.68. The first-order valence-corrected chi connectivity index (χ1v) is 12.7. The second-order valence-electron chi connectivity index (χ2n) is 9.82. The van der Waals surface area contributed by atoms with Crippen molar-refractivity contribution in [3.8, 4) is 0 Å². The van der Waals surface area contributed by atoms with Crippen molar-refractivity contribution in [2.45, 2.75) is 38.5 Å². The summed E-state index contributed by atoms with van der Waals surface area (Å²) in [5, 5.41) is 0. The number of fused-ring (bicyclic) bond motifs is 1. The van der Waals surface area contributed by atoms with Gasteiger partial charge < -0.3 is 4.90 Å². The zero-order chi connectivity index (χ0) is 24.2. The van der Waals surface area contributed by atoms with E-state index in [0.29, 0.717) is 17.9 Å². The normalized spacial score (nSPS) is 16.8. The summed E-state index contributed by atoms with van der Waals surface area (Å²) in [6, 6.07) is 24.1. The molecule has 1 aliphatic heterocycles. The van der Waals surface area contributed by atoms with Crippen molar-refractivity contribution < 1.29 is 13.2 Å². The predicted octanol–water partition coefficient (Wildman–Crippen LogP) is 7.75. The number of allylic oxidation sites excluding steroid dienone is 1. The first-order chi connectivity index (χ1) is 17.1. The largest absolute Gasteiger partial charge is 0.303 e. The maximum absolute atomic E-state index is 14.0. The van der Waals surface area contributed by atoms with Crippen LogP contribution in [0, 0.1) is 5.92 Å². The quantitative estimate of drug-likeness (QED) is 0.322. The molecule has 2 aliphatic rings. The van der Waals surface area contributed by atoms with Crippen LogP contribution in [0.5, 0.6) is 0 Å². The molecule has 0 saturated carbocycles. The molecule has 0 spiro atoms. The molecule has 0 aromatic heterocycles. The fourth-order valence-corrected chi connectivity index (χ4v) is 5.70. The first kappa shape index (κ1) is 23.9. The second-order valence-corrected chi connectivity index (χ2v) is 9.82. The van der Waals surface area contributed by atoms with Crippen LogP contribution >= 0.6 is 0 Å². The Kier molecular flexibility index (Phi) is 7.38. The highest BCUT2D eigenvalue weighted by atomic mass is 19.3. The van der Waals surface area contributed by atoms with Gasteiger partial charge >= 0.3 is 0 Å². The van der Waals surface area contributed by atoms with Gasteiger partial charge in [-0.1, -0.05) is 72.8 Å². The molecule has 4 heteroatoms. The molecule has 1 fully saturated rings. The average molecular weight is 476 g/mol. The van der Waals surface area contributed by atoms with Crippen LogP contribution in [0.15, 0.2) is 72.8 Å². The highest BCUT2D eigenvalue weighted by Gasteiger charge is 2.27. The van der Waals surface area contributed by atoms with Crippen LogP contribution in [0.3, 0.4) is 0 Å². The second kappa shape index (κ2) is 10.8. The van der Waals surface area contributed by atoms with Crippen molar-refractivity contribution in [3.05, 3.63) is 106 Å². The maximum Gasteiger partial charge on any atom is 0.264 e. The third-order valence-electron chi connectivity index (χ3n) is 7.39. The Morgan fingerprint density at radius 1 is 0.829 bits per heavy atom. The van der Waals surface area contributed by atoms with Crippen LogP contribution in [-0.4, -0.2) is 31.2 Å². The SMILES string of the molecule is FCCCN1CC(Cc2ccc(C3=C(c4ccccc4C(F)F)CCCc4ccccc43)cc2)C1. The van der Waals surface area contributed by atoms with Gasteiger partial charge in [0.1, 0.15) is 0 Å². The standard InChI is InChI=1S/C31H32F3N/c32-17-6-18-35-20-23(21-35)19-22-13-15-25(16-14-22)30-26-9-2-1-7-24(26)8-5-12-28(30)27-10-3-4-11-29(27)31(33)34/h1-4,7,9-11,13-16,23,31H,5-6,8,12,17-21H2. The lowest BCUT2D eigenvalue weighted by atomic mass is 9.85. The van der Waals surface area contributed by atoms with Gasteiger partial charge in [0.2, 0.25) is 0 Å². The average Bonchev–Trinajstić information content (AvgIpc) is 3.05. The molecule has 3 aromatic carbocycles.